The summed E-state index contributed by atoms with van der Waals surface area (Å²) < 4.78 is 0. The first-order valence-corrected chi connectivity index (χ1v) is 6.46. The van der Waals surface area contributed by atoms with E-state index in [-0.39, 0.29) is 11.9 Å². The Morgan fingerprint density at radius 3 is 2.94 bits per heavy atom. The Hall–Kier alpha value is -1.69. The number of rotatable bonds is 2. The molecule has 0 radical (unpaired) electrons. The van der Waals surface area contributed by atoms with Crippen molar-refractivity contribution in [2.24, 2.45) is 0 Å². The zero-order valence-corrected chi connectivity index (χ0v) is 10.0. The highest BCUT2D eigenvalue weighted by Crippen LogP contribution is 2.22. The molecule has 0 aromatic carbocycles. The molecule has 1 saturated heterocycles. The van der Waals surface area contributed by atoms with Gasteiger partial charge in [-0.2, -0.15) is 26.3 Å². The van der Waals surface area contributed by atoms with Gasteiger partial charge in [0.15, 0.2) is 0 Å². The van der Waals surface area contributed by atoms with Crippen molar-refractivity contribution in [1.82, 2.24) is 19.9 Å². The van der Waals surface area contributed by atoms with Gasteiger partial charge in [0.1, 0.15) is 0 Å². The van der Waals surface area contributed by atoms with Gasteiger partial charge in [0.25, 0.3) is 5.91 Å². The SMILES string of the molecule is O=C(c1ccsc1)N1CCC(n2nccn2)C1. The van der Waals surface area contributed by atoms with E-state index in [1.807, 2.05) is 21.7 Å². The summed E-state index contributed by atoms with van der Waals surface area (Å²) in [7, 11) is 0. The molecule has 5 nitrogen and oxygen atoms in total. The van der Waals surface area contributed by atoms with Gasteiger partial charge in [-0.1, -0.05) is 0 Å². The lowest BCUT2D eigenvalue weighted by atomic mass is 10.3. The third-order valence-corrected chi connectivity index (χ3v) is 3.67. The van der Waals surface area contributed by atoms with E-state index in [1.165, 1.54) is 0 Å². The summed E-state index contributed by atoms with van der Waals surface area (Å²) in [5.74, 6) is 0.112. The van der Waals surface area contributed by atoms with Gasteiger partial charge in [0.05, 0.1) is 24.0 Å². The molecule has 0 saturated carbocycles. The molecule has 0 bridgehead atoms. The Kier molecular flexibility index (Phi) is 2.64. The molecule has 3 heterocycles. The molecule has 1 aliphatic rings. The summed E-state index contributed by atoms with van der Waals surface area (Å²) in [6, 6.07) is 2.08. The van der Waals surface area contributed by atoms with Crippen molar-refractivity contribution in [3.63, 3.8) is 0 Å². The predicted molar refractivity (Wildman–Crippen MR) is 63.9 cm³/mol. The Bertz CT molecular complexity index is 494. The largest absolute Gasteiger partial charge is 0.336 e. The normalized spacial score (nSPS) is 19.8. The molecule has 1 atom stereocenters. The van der Waals surface area contributed by atoms with E-state index in [4.69, 9.17) is 0 Å². The minimum Gasteiger partial charge on any atom is -0.336 e. The van der Waals surface area contributed by atoms with Gasteiger partial charge < -0.3 is 4.90 Å². The van der Waals surface area contributed by atoms with Crippen LogP contribution in [0.15, 0.2) is 29.2 Å². The van der Waals surface area contributed by atoms with Crippen molar-refractivity contribution < 1.29 is 4.79 Å². The van der Waals surface area contributed by atoms with Crippen LogP contribution in [-0.2, 0) is 0 Å². The first-order valence-electron chi connectivity index (χ1n) is 5.52. The highest BCUT2D eigenvalue weighted by Gasteiger charge is 2.28. The van der Waals surface area contributed by atoms with Gasteiger partial charge in [0, 0.05) is 18.5 Å². The van der Waals surface area contributed by atoms with Crippen LogP contribution in [0, 0.1) is 0 Å². The molecule has 17 heavy (non-hydrogen) atoms. The third kappa shape index (κ3) is 1.95. The Balaban J connectivity index is 1.70. The van der Waals surface area contributed by atoms with Crippen molar-refractivity contribution in [1.29, 1.82) is 0 Å². The molecule has 2 aromatic rings. The first kappa shape index (κ1) is 10.5. The molecule has 1 unspecified atom stereocenters. The molecule has 2 aromatic heterocycles. The minimum atomic E-state index is 0.112. The van der Waals surface area contributed by atoms with Gasteiger partial charge in [-0.15, -0.1) is 0 Å². The van der Waals surface area contributed by atoms with Crippen molar-refractivity contribution >= 4 is 17.2 Å². The first-order chi connectivity index (χ1) is 8.34. The lowest BCUT2D eigenvalue weighted by Gasteiger charge is -2.15. The van der Waals surface area contributed by atoms with Gasteiger partial charge in [-0.3, -0.25) is 4.79 Å². The summed E-state index contributed by atoms with van der Waals surface area (Å²) in [5, 5.41) is 12.1. The zero-order valence-electron chi connectivity index (χ0n) is 9.19. The van der Waals surface area contributed by atoms with Crippen LogP contribution in [0.5, 0.6) is 0 Å². The van der Waals surface area contributed by atoms with Crippen LogP contribution >= 0.6 is 11.3 Å². The Morgan fingerprint density at radius 2 is 2.24 bits per heavy atom. The molecule has 88 valence electrons. The summed E-state index contributed by atoms with van der Waals surface area (Å²) in [6.07, 6.45) is 4.26. The second-order valence-corrected chi connectivity index (χ2v) is 4.84. The topological polar surface area (TPSA) is 51.0 Å². The van der Waals surface area contributed by atoms with Crippen LogP contribution in [0.25, 0.3) is 0 Å². The maximum Gasteiger partial charge on any atom is 0.254 e. The van der Waals surface area contributed by atoms with Crippen molar-refractivity contribution in [3.05, 3.63) is 34.8 Å². The molecule has 1 aliphatic heterocycles. The monoisotopic (exact) mass is 248 g/mol. The molecule has 1 fully saturated rings. The number of thiophene rings is 1. The van der Waals surface area contributed by atoms with Gasteiger partial charge in [-0.05, 0) is 17.9 Å². The van der Waals surface area contributed by atoms with Gasteiger partial charge in [-0.25, -0.2) is 0 Å². The van der Waals surface area contributed by atoms with Gasteiger partial charge in [0.2, 0.25) is 0 Å². The quantitative estimate of drug-likeness (QED) is 0.807. The van der Waals surface area contributed by atoms with Crippen LogP contribution in [0.1, 0.15) is 22.8 Å². The predicted octanol–water partition coefficient (Wildman–Crippen LogP) is 1.43. The lowest BCUT2D eigenvalue weighted by molar-refractivity contribution is 0.0786. The van der Waals surface area contributed by atoms with E-state index >= 15 is 0 Å². The summed E-state index contributed by atoms with van der Waals surface area (Å²) in [6.45, 7) is 1.48. The average molecular weight is 248 g/mol. The number of carbonyl (C=O) groups excluding carboxylic acids is 1. The molecule has 0 aliphatic carbocycles. The number of likely N-dealkylation sites (tertiary alicyclic amines) is 1. The number of hydrogen-bond acceptors (Lipinski definition) is 4. The Morgan fingerprint density at radius 1 is 1.41 bits per heavy atom. The van der Waals surface area contributed by atoms with E-state index < -0.39 is 0 Å². The van der Waals surface area contributed by atoms with Crippen LogP contribution in [-0.4, -0.2) is 38.9 Å². The lowest BCUT2D eigenvalue weighted by Crippen LogP contribution is -2.29. The molecular formula is C11H12N4OS. The van der Waals surface area contributed by atoms with Crippen LogP contribution in [0.4, 0.5) is 0 Å². The summed E-state index contributed by atoms with van der Waals surface area (Å²) in [4.78, 5) is 15.7. The molecule has 6 heteroatoms. The van der Waals surface area contributed by atoms with E-state index in [0.717, 1.165) is 18.5 Å². The van der Waals surface area contributed by atoms with Crippen molar-refractivity contribution in [3.8, 4) is 0 Å². The molecular weight excluding hydrogens is 236 g/mol. The summed E-state index contributed by atoms with van der Waals surface area (Å²) >= 11 is 1.55. The maximum atomic E-state index is 12.1. The average Bonchev–Trinajstić information content (AvgIpc) is 3.09. The fraction of sp³-hybridized carbons (Fsp3) is 0.364. The number of nitrogens with zero attached hydrogens (tertiary/aromatic N) is 4. The van der Waals surface area contributed by atoms with E-state index in [9.17, 15) is 4.79 Å². The fourth-order valence-corrected chi connectivity index (χ4v) is 2.73. The number of aromatic nitrogens is 3. The third-order valence-electron chi connectivity index (χ3n) is 2.98. The smallest absolute Gasteiger partial charge is 0.254 e. The standard InChI is InChI=1S/C11H12N4OS/c16-11(9-2-6-17-8-9)14-5-1-10(7-14)15-12-3-4-13-15/h2-4,6,8,10H,1,5,7H2. The van der Waals surface area contributed by atoms with Crippen LogP contribution in [0.3, 0.4) is 0 Å². The second kappa shape index (κ2) is 4.29. The molecule has 1 amide bonds. The van der Waals surface area contributed by atoms with Crippen LogP contribution < -0.4 is 0 Å². The summed E-state index contributed by atoms with van der Waals surface area (Å²) in [5.41, 5.74) is 0.782. The maximum absolute atomic E-state index is 12.1. The number of amides is 1. The number of hydrogen-bond donors (Lipinski definition) is 0. The van der Waals surface area contributed by atoms with Gasteiger partial charge >= 0.3 is 0 Å². The fourth-order valence-electron chi connectivity index (χ4n) is 2.10. The number of carbonyl (C=O) groups is 1. The van der Waals surface area contributed by atoms with E-state index in [1.54, 1.807) is 28.5 Å². The second-order valence-electron chi connectivity index (χ2n) is 4.06. The zero-order chi connectivity index (χ0) is 11.7. The van der Waals surface area contributed by atoms with Crippen molar-refractivity contribution in [2.45, 2.75) is 12.5 Å². The minimum absolute atomic E-state index is 0.112. The molecule has 0 N–H and O–H groups in total. The van der Waals surface area contributed by atoms with Crippen molar-refractivity contribution in [2.75, 3.05) is 13.1 Å². The van der Waals surface area contributed by atoms with E-state index in [2.05, 4.69) is 10.2 Å². The Labute approximate surface area is 103 Å². The highest BCUT2D eigenvalue weighted by molar-refractivity contribution is 7.08. The molecule has 0 spiro atoms. The van der Waals surface area contributed by atoms with E-state index in [0.29, 0.717) is 6.54 Å². The van der Waals surface area contributed by atoms with Crippen LogP contribution in [0.2, 0.25) is 0 Å². The highest BCUT2D eigenvalue weighted by atomic mass is 32.1. The molecule has 3 rings (SSSR count).